The summed E-state index contributed by atoms with van der Waals surface area (Å²) >= 11 is 0. The molecule has 1 aliphatic rings. The van der Waals surface area contributed by atoms with Crippen LogP contribution in [0.2, 0.25) is 0 Å². The minimum absolute atomic E-state index is 0. The lowest BCUT2D eigenvalue weighted by molar-refractivity contribution is -0.114. The average Bonchev–Trinajstić information content (AvgIpc) is 2.84. The predicted molar refractivity (Wildman–Crippen MR) is 71.2 cm³/mol. The van der Waals surface area contributed by atoms with Crippen LogP contribution in [-0.2, 0) is 9.53 Å². The van der Waals surface area contributed by atoms with Crippen molar-refractivity contribution in [3.63, 3.8) is 0 Å². The summed E-state index contributed by atoms with van der Waals surface area (Å²) in [7, 11) is 0. The maximum Gasteiger partial charge on any atom is 0.238 e. The molecular formula is C12H17ClN2O3. The molecule has 1 aromatic carbocycles. The molecule has 3 N–H and O–H groups in total. The maximum absolute atomic E-state index is 11.1. The van der Waals surface area contributed by atoms with E-state index in [0.29, 0.717) is 6.61 Å². The number of amides is 1. The monoisotopic (exact) mass is 272 g/mol. The standard InChI is InChI=1S/C12H16N2O3.ClH/c13-7-12(15)14-9-1-3-10(4-2-9)17-11-5-6-16-8-11;/h1-4,11H,5-8,13H2,(H,14,15);1H. The molecule has 1 unspecified atom stereocenters. The summed E-state index contributed by atoms with van der Waals surface area (Å²) in [6, 6.07) is 7.23. The molecule has 2 rings (SSSR count). The Kier molecular flexibility index (Phi) is 5.91. The summed E-state index contributed by atoms with van der Waals surface area (Å²) in [5, 5.41) is 2.67. The number of rotatable bonds is 4. The number of ether oxygens (including phenoxy) is 2. The van der Waals surface area contributed by atoms with Gasteiger partial charge >= 0.3 is 0 Å². The topological polar surface area (TPSA) is 73.6 Å². The van der Waals surface area contributed by atoms with Gasteiger partial charge in [0.25, 0.3) is 0 Å². The average molecular weight is 273 g/mol. The number of hydrogen-bond acceptors (Lipinski definition) is 4. The summed E-state index contributed by atoms with van der Waals surface area (Å²) in [6.45, 7) is 1.39. The number of carbonyl (C=O) groups is 1. The van der Waals surface area contributed by atoms with Crippen molar-refractivity contribution in [1.82, 2.24) is 0 Å². The van der Waals surface area contributed by atoms with Crippen LogP contribution in [0.1, 0.15) is 6.42 Å². The van der Waals surface area contributed by atoms with E-state index >= 15 is 0 Å². The molecule has 0 aliphatic carbocycles. The fourth-order valence-electron chi connectivity index (χ4n) is 1.63. The lowest BCUT2D eigenvalue weighted by atomic mass is 10.3. The largest absolute Gasteiger partial charge is 0.488 e. The van der Waals surface area contributed by atoms with Gasteiger partial charge in [-0.2, -0.15) is 0 Å². The molecule has 0 radical (unpaired) electrons. The van der Waals surface area contributed by atoms with Gasteiger partial charge in [-0.3, -0.25) is 4.79 Å². The summed E-state index contributed by atoms with van der Waals surface area (Å²) in [5.74, 6) is 0.578. The fourth-order valence-corrected chi connectivity index (χ4v) is 1.63. The van der Waals surface area contributed by atoms with E-state index in [1.807, 2.05) is 12.1 Å². The van der Waals surface area contributed by atoms with Crippen molar-refractivity contribution in [2.45, 2.75) is 12.5 Å². The van der Waals surface area contributed by atoms with Crippen LogP contribution in [0.15, 0.2) is 24.3 Å². The first kappa shape index (κ1) is 14.8. The molecule has 0 bridgehead atoms. The minimum atomic E-state index is -0.206. The molecule has 1 amide bonds. The Morgan fingerprint density at radius 1 is 1.44 bits per heavy atom. The van der Waals surface area contributed by atoms with Gasteiger partial charge in [0.05, 0.1) is 19.8 Å². The SMILES string of the molecule is Cl.NCC(=O)Nc1ccc(OC2CCOC2)cc1. The zero-order valence-corrected chi connectivity index (χ0v) is 10.7. The first-order chi connectivity index (χ1) is 8.28. The maximum atomic E-state index is 11.1. The molecular weight excluding hydrogens is 256 g/mol. The van der Waals surface area contributed by atoms with E-state index in [-0.39, 0.29) is 31.0 Å². The normalized spacial score (nSPS) is 17.9. The van der Waals surface area contributed by atoms with E-state index in [1.165, 1.54) is 0 Å². The molecule has 1 atom stereocenters. The Bertz CT molecular complexity index is 377. The summed E-state index contributed by atoms with van der Waals surface area (Å²) in [4.78, 5) is 11.1. The van der Waals surface area contributed by atoms with Gasteiger partial charge in [-0.1, -0.05) is 0 Å². The van der Waals surface area contributed by atoms with Gasteiger partial charge in [-0.15, -0.1) is 12.4 Å². The molecule has 5 nitrogen and oxygen atoms in total. The highest BCUT2D eigenvalue weighted by Crippen LogP contribution is 2.19. The lowest BCUT2D eigenvalue weighted by Crippen LogP contribution is -2.21. The van der Waals surface area contributed by atoms with Crippen LogP contribution in [0.5, 0.6) is 5.75 Å². The Hall–Kier alpha value is -1.30. The van der Waals surface area contributed by atoms with Gasteiger partial charge in [-0.25, -0.2) is 0 Å². The van der Waals surface area contributed by atoms with Crippen LogP contribution in [0.4, 0.5) is 5.69 Å². The second kappa shape index (κ2) is 7.20. The number of nitrogens with one attached hydrogen (secondary N) is 1. The van der Waals surface area contributed by atoms with E-state index < -0.39 is 0 Å². The molecule has 6 heteroatoms. The molecule has 0 spiro atoms. The summed E-state index contributed by atoms with van der Waals surface area (Å²) in [5.41, 5.74) is 5.93. The Morgan fingerprint density at radius 3 is 2.72 bits per heavy atom. The summed E-state index contributed by atoms with van der Waals surface area (Å²) in [6.07, 6.45) is 1.06. The number of anilines is 1. The number of halogens is 1. The van der Waals surface area contributed by atoms with Crippen molar-refractivity contribution in [3.05, 3.63) is 24.3 Å². The van der Waals surface area contributed by atoms with Crippen molar-refractivity contribution in [2.75, 3.05) is 25.1 Å². The lowest BCUT2D eigenvalue weighted by Gasteiger charge is -2.12. The van der Waals surface area contributed by atoms with Crippen molar-refractivity contribution >= 4 is 24.0 Å². The highest BCUT2D eigenvalue weighted by molar-refractivity contribution is 5.92. The number of hydrogen-bond donors (Lipinski definition) is 2. The van der Waals surface area contributed by atoms with E-state index in [0.717, 1.165) is 24.5 Å². The molecule has 1 heterocycles. The van der Waals surface area contributed by atoms with Gasteiger partial charge in [-0.05, 0) is 24.3 Å². The molecule has 18 heavy (non-hydrogen) atoms. The third kappa shape index (κ3) is 4.18. The van der Waals surface area contributed by atoms with Crippen LogP contribution in [-0.4, -0.2) is 31.8 Å². The van der Waals surface area contributed by atoms with Gasteiger partial charge < -0.3 is 20.5 Å². The van der Waals surface area contributed by atoms with Crippen molar-refractivity contribution in [2.24, 2.45) is 5.73 Å². The van der Waals surface area contributed by atoms with Crippen LogP contribution in [0.3, 0.4) is 0 Å². The van der Waals surface area contributed by atoms with Crippen LogP contribution < -0.4 is 15.8 Å². The third-order valence-electron chi connectivity index (χ3n) is 2.51. The van der Waals surface area contributed by atoms with Crippen molar-refractivity contribution in [3.8, 4) is 5.75 Å². The molecule has 1 saturated heterocycles. The van der Waals surface area contributed by atoms with Crippen LogP contribution >= 0.6 is 12.4 Å². The van der Waals surface area contributed by atoms with E-state index in [9.17, 15) is 4.79 Å². The van der Waals surface area contributed by atoms with E-state index in [4.69, 9.17) is 15.2 Å². The number of benzene rings is 1. The third-order valence-corrected chi connectivity index (χ3v) is 2.51. The van der Waals surface area contributed by atoms with Crippen LogP contribution in [0, 0.1) is 0 Å². The van der Waals surface area contributed by atoms with E-state index in [2.05, 4.69) is 5.32 Å². The zero-order chi connectivity index (χ0) is 12.1. The van der Waals surface area contributed by atoms with Gasteiger partial charge in [0, 0.05) is 12.1 Å². The van der Waals surface area contributed by atoms with Gasteiger partial charge in [0.1, 0.15) is 11.9 Å². The first-order valence-corrected chi connectivity index (χ1v) is 5.62. The Morgan fingerprint density at radius 2 is 2.17 bits per heavy atom. The van der Waals surface area contributed by atoms with Crippen molar-refractivity contribution in [1.29, 1.82) is 0 Å². The second-order valence-corrected chi connectivity index (χ2v) is 3.88. The van der Waals surface area contributed by atoms with Gasteiger partial charge in [0.2, 0.25) is 5.91 Å². The number of carbonyl (C=O) groups excluding carboxylic acids is 1. The highest BCUT2D eigenvalue weighted by Gasteiger charge is 2.16. The van der Waals surface area contributed by atoms with Gasteiger partial charge in [0.15, 0.2) is 0 Å². The molecule has 1 aliphatic heterocycles. The molecule has 1 aromatic rings. The number of nitrogens with two attached hydrogens (primary N) is 1. The molecule has 0 saturated carbocycles. The van der Waals surface area contributed by atoms with Crippen molar-refractivity contribution < 1.29 is 14.3 Å². The minimum Gasteiger partial charge on any atom is -0.488 e. The van der Waals surface area contributed by atoms with E-state index in [1.54, 1.807) is 12.1 Å². The predicted octanol–water partition coefficient (Wildman–Crippen LogP) is 1.17. The molecule has 100 valence electrons. The smallest absolute Gasteiger partial charge is 0.238 e. The first-order valence-electron chi connectivity index (χ1n) is 5.62. The fraction of sp³-hybridized carbons (Fsp3) is 0.417. The van der Waals surface area contributed by atoms with Crippen LogP contribution in [0.25, 0.3) is 0 Å². The molecule has 1 fully saturated rings. The quantitative estimate of drug-likeness (QED) is 0.863. The zero-order valence-electron chi connectivity index (χ0n) is 9.93. The second-order valence-electron chi connectivity index (χ2n) is 3.88. The Balaban J connectivity index is 0.00000162. The summed E-state index contributed by atoms with van der Waals surface area (Å²) < 4.78 is 10.9. The highest BCUT2D eigenvalue weighted by atomic mass is 35.5. The Labute approximate surface area is 112 Å². The molecule has 0 aromatic heterocycles.